The molecule has 0 unspecified atom stereocenters. The number of hydrazone groups is 1. The van der Waals surface area contributed by atoms with Gasteiger partial charge in [-0.15, -0.1) is 0 Å². The predicted molar refractivity (Wildman–Crippen MR) is 105 cm³/mol. The van der Waals surface area contributed by atoms with Gasteiger partial charge in [0.25, 0.3) is 5.56 Å². The molecule has 0 amide bonds. The highest BCUT2D eigenvalue weighted by atomic mass is 16.5. The van der Waals surface area contributed by atoms with E-state index in [0.29, 0.717) is 23.7 Å². The van der Waals surface area contributed by atoms with Crippen LogP contribution < -0.4 is 21.4 Å². The van der Waals surface area contributed by atoms with E-state index in [0.717, 1.165) is 15.9 Å². The van der Waals surface area contributed by atoms with Crippen LogP contribution in [0.2, 0.25) is 0 Å². The minimum atomic E-state index is -0.431. The number of imidazole rings is 1. The monoisotopic (exact) mass is 368 g/mol. The number of ether oxygens (including phenoxy) is 1. The van der Waals surface area contributed by atoms with E-state index in [4.69, 9.17) is 4.74 Å². The Balaban J connectivity index is 1.84. The Kier molecular flexibility index (Phi) is 4.93. The Morgan fingerprint density at radius 2 is 1.85 bits per heavy atom. The minimum absolute atomic E-state index is 0.298. The second-order valence-corrected chi connectivity index (χ2v) is 5.91. The van der Waals surface area contributed by atoms with Crippen LogP contribution in [0, 0.1) is 0 Å². The summed E-state index contributed by atoms with van der Waals surface area (Å²) >= 11 is 0. The van der Waals surface area contributed by atoms with Gasteiger partial charge in [0.15, 0.2) is 11.2 Å². The fraction of sp³-hybridized carbons (Fsp3) is 0.222. The van der Waals surface area contributed by atoms with Crippen molar-refractivity contribution in [1.29, 1.82) is 0 Å². The summed E-state index contributed by atoms with van der Waals surface area (Å²) in [7, 11) is 4.69. The Hall–Kier alpha value is -3.62. The molecular weight excluding hydrogens is 348 g/mol. The molecule has 140 valence electrons. The molecule has 0 aliphatic heterocycles. The van der Waals surface area contributed by atoms with Crippen LogP contribution in [0.5, 0.6) is 5.75 Å². The maximum atomic E-state index is 12.3. The summed E-state index contributed by atoms with van der Waals surface area (Å²) < 4.78 is 9.37. The number of fused-ring (bicyclic) bond motifs is 1. The number of benzene rings is 1. The van der Waals surface area contributed by atoms with Gasteiger partial charge in [0.2, 0.25) is 5.95 Å². The van der Waals surface area contributed by atoms with Gasteiger partial charge in [-0.05, 0) is 29.8 Å². The first-order valence-corrected chi connectivity index (χ1v) is 8.19. The van der Waals surface area contributed by atoms with Gasteiger partial charge in [-0.2, -0.15) is 10.1 Å². The minimum Gasteiger partial charge on any atom is -0.490 e. The molecule has 2 heterocycles. The predicted octanol–water partition coefficient (Wildman–Crippen LogP) is 0.981. The van der Waals surface area contributed by atoms with Crippen molar-refractivity contribution in [3.63, 3.8) is 0 Å². The van der Waals surface area contributed by atoms with Gasteiger partial charge in [0.1, 0.15) is 12.4 Å². The van der Waals surface area contributed by atoms with Gasteiger partial charge in [-0.1, -0.05) is 12.7 Å². The van der Waals surface area contributed by atoms with Crippen LogP contribution in [0.25, 0.3) is 11.2 Å². The van der Waals surface area contributed by atoms with Crippen LogP contribution in [0.4, 0.5) is 5.95 Å². The van der Waals surface area contributed by atoms with E-state index >= 15 is 0 Å². The quantitative estimate of drug-likeness (QED) is 0.398. The van der Waals surface area contributed by atoms with Gasteiger partial charge >= 0.3 is 5.69 Å². The lowest BCUT2D eigenvalue weighted by molar-refractivity contribution is 0.363. The molecule has 3 aromatic rings. The third kappa shape index (κ3) is 3.39. The van der Waals surface area contributed by atoms with Crippen molar-refractivity contribution < 1.29 is 4.74 Å². The van der Waals surface area contributed by atoms with Crippen LogP contribution in [0.15, 0.2) is 51.6 Å². The lowest BCUT2D eigenvalue weighted by Crippen LogP contribution is -2.37. The Morgan fingerprint density at radius 3 is 2.52 bits per heavy atom. The van der Waals surface area contributed by atoms with Crippen molar-refractivity contribution in [2.24, 2.45) is 26.2 Å². The molecule has 0 saturated heterocycles. The molecule has 0 fully saturated rings. The van der Waals surface area contributed by atoms with Gasteiger partial charge in [-0.25, -0.2) is 10.2 Å². The summed E-state index contributed by atoms with van der Waals surface area (Å²) in [6.07, 6.45) is 3.30. The second-order valence-electron chi connectivity index (χ2n) is 5.91. The first-order chi connectivity index (χ1) is 12.9. The summed E-state index contributed by atoms with van der Waals surface area (Å²) in [5.41, 5.74) is 3.44. The van der Waals surface area contributed by atoms with E-state index in [2.05, 4.69) is 22.1 Å². The summed E-state index contributed by atoms with van der Waals surface area (Å²) in [6.45, 7) is 4.05. The molecule has 0 aliphatic rings. The molecule has 0 atom stereocenters. The Bertz CT molecular complexity index is 1140. The maximum absolute atomic E-state index is 12.3. The average molecular weight is 368 g/mol. The fourth-order valence-corrected chi connectivity index (χ4v) is 2.59. The lowest BCUT2D eigenvalue weighted by atomic mass is 10.2. The van der Waals surface area contributed by atoms with Crippen molar-refractivity contribution in [3.05, 3.63) is 63.3 Å². The normalized spacial score (nSPS) is 11.2. The maximum Gasteiger partial charge on any atom is 0.332 e. The third-order valence-corrected chi connectivity index (χ3v) is 4.10. The highest BCUT2D eigenvalue weighted by Crippen LogP contribution is 2.14. The van der Waals surface area contributed by atoms with Crippen molar-refractivity contribution in [1.82, 2.24) is 18.7 Å². The lowest BCUT2D eigenvalue weighted by Gasteiger charge is -2.03. The number of hydrogen-bond acceptors (Lipinski definition) is 6. The molecule has 0 saturated carbocycles. The van der Waals surface area contributed by atoms with Crippen molar-refractivity contribution in [3.8, 4) is 5.75 Å². The van der Waals surface area contributed by atoms with Crippen LogP contribution in [-0.2, 0) is 21.1 Å². The van der Waals surface area contributed by atoms with Crippen molar-refractivity contribution in [2.45, 2.75) is 0 Å². The van der Waals surface area contributed by atoms with Crippen LogP contribution in [0.3, 0.4) is 0 Å². The first kappa shape index (κ1) is 18.2. The van der Waals surface area contributed by atoms with E-state index in [1.807, 2.05) is 24.3 Å². The van der Waals surface area contributed by atoms with E-state index in [1.165, 1.54) is 11.6 Å². The Labute approximate surface area is 154 Å². The van der Waals surface area contributed by atoms with Crippen LogP contribution >= 0.6 is 0 Å². The topological polar surface area (TPSA) is 95.4 Å². The summed E-state index contributed by atoms with van der Waals surface area (Å²) in [5.74, 6) is 1.10. The largest absolute Gasteiger partial charge is 0.490 e. The number of rotatable bonds is 6. The van der Waals surface area contributed by atoms with Gasteiger partial charge in [-0.3, -0.25) is 13.9 Å². The van der Waals surface area contributed by atoms with Crippen molar-refractivity contribution in [2.75, 3.05) is 12.0 Å². The third-order valence-electron chi connectivity index (χ3n) is 4.10. The molecule has 9 nitrogen and oxygen atoms in total. The van der Waals surface area contributed by atoms with E-state index in [9.17, 15) is 9.59 Å². The number of aromatic nitrogens is 4. The summed E-state index contributed by atoms with van der Waals surface area (Å²) in [6, 6.07) is 7.38. The highest BCUT2D eigenvalue weighted by molar-refractivity contribution is 5.80. The molecule has 27 heavy (non-hydrogen) atoms. The molecule has 9 heteroatoms. The fourth-order valence-electron chi connectivity index (χ4n) is 2.59. The van der Waals surface area contributed by atoms with E-state index < -0.39 is 11.2 Å². The number of aryl methyl sites for hydroxylation is 2. The Morgan fingerprint density at radius 1 is 1.15 bits per heavy atom. The standard InChI is InChI=1S/C18H20N6O3/c1-5-10-27-13-8-6-12(7-9-13)11-19-21-17-20-15-14(22(17)2)16(25)24(4)18(26)23(15)3/h5-9,11H,1,10H2,2-4H3,(H,20,21)/b19-11+. The molecule has 0 aliphatic carbocycles. The molecule has 0 radical (unpaired) electrons. The summed E-state index contributed by atoms with van der Waals surface area (Å²) in [5, 5.41) is 4.15. The van der Waals surface area contributed by atoms with Gasteiger partial charge < -0.3 is 9.30 Å². The zero-order valence-corrected chi connectivity index (χ0v) is 15.3. The average Bonchev–Trinajstić information content (AvgIpc) is 3.00. The summed E-state index contributed by atoms with van der Waals surface area (Å²) in [4.78, 5) is 28.7. The second kappa shape index (κ2) is 7.32. The number of hydrogen-bond donors (Lipinski definition) is 1. The highest BCUT2D eigenvalue weighted by Gasteiger charge is 2.16. The number of anilines is 1. The zero-order chi connectivity index (χ0) is 19.6. The number of nitrogens with one attached hydrogen (secondary N) is 1. The SMILES string of the molecule is C=CCOc1ccc(/C=N/Nc2nc3c(c(=O)n(C)c(=O)n3C)n2C)cc1. The van der Waals surface area contributed by atoms with Crippen LogP contribution in [-0.4, -0.2) is 31.5 Å². The van der Waals surface area contributed by atoms with E-state index in [1.54, 1.807) is 31.0 Å². The smallest absolute Gasteiger partial charge is 0.332 e. The molecule has 3 rings (SSSR count). The molecule has 1 aromatic carbocycles. The van der Waals surface area contributed by atoms with Gasteiger partial charge in [0.05, 0.1) is 6.21 Å². The molecule has 2 aromatic heterocycles. The molecular formula is C18H20N6O3. The van der Waals surface area contributed by atoms with Crippen LogP contribution in [0.1, 0.15) is 5.56 Å². The zero-order valence-electron chi connectivity index (χ0n) is 15.3. The molecule has 0 spiro atoms. The first-order valence-electron chi connectivity index (χ1n) is 8.19. The molecule has 1 N–H and O–H groups in total. The number of nitrogens with zero attached hydrogens (tertiary/aromatic N) is 5. The van der Waals surface area contributed by atoms with Gasteiger partial charge in [0, 0.05) is 21.1 Å². The van der Waals surface area contributed by atoms with E-state index in [-0.39, 0.29) is 0 Å². The molecule has 0 bridgehead atoms. The van der Waals surface area contributed by atoms with Crippen molar-refractivity contribution >= 4 is 23.3 Å².